The summed E-state index contributed by atoms with van der Waals surface area (Å²) in [7, 11) is -3.54. The number of rotatable bonds is 4. The SMILES string of the molecule is CC1(C(=O)Nc2nc3ccc(S(=O)(=O)N4CCCC4)cc3s2)Cc2ccccc2C(=O)O1. The molecule has 3 heterocycles. The number of nitrogens with one attached hydrogen (secondary N) is 1. The van der Waals surface area contributed by atoms with Crippen molar-refractivity contribution in [1.82, 2.24) is 9.29 Å². The first kappa shape index (κ1) is 21.0. The number of sulfonamides is 1. The third kappa shape index (κ3) is 3.58. The van der Waals surface area contributed by atoms with Crippen LogP contribution >= 0.6 is 11.3 Å². The van der Waals surface area contributed by atoms with Crippen LogP contribution in [-0.2, 0) is 26.0 Å². The largest absolute Gasteiger partial charge is 0.445 e. The number of thiazole rings is 1. The fourth-order valence-corrected chi connectivity index (χ4v) is 6.60. The summed E-state index contributed by atoms with van der Waals surface area (Å²) in [6, 6.07) is 11.8. The lowest BCUT2D eigenvalue weighted by atomic mass is 9.89. The van der Waals surface area contributed by atoms with Crippen molar-refractivity contribution in [3.8, 4) is 0 Å². The van der Waals surface area contributed by atoms with E-state index < -0.39 is 27.5 Å². The van der Waals surface area contributed by atoms with E-state index in [1.807, 2.05) is 6.07 Å². The predicted octanol–water partition coefficient (Wildman–Crippen LogP) is 3.19. The zero-order valence-corrected chi connectivity index (χ0v) is 19.0. The Morgan fingerprint density at radius 2 is 1.94 bits per heavy atom. The predicted molar refractivity (Wildman–Crippen MR) is 120 cm³/mol. The first-order valence-corrected chi connectivity index (χ1v) is 12.6. The molecule has 10 heteroatoms. The summed E-state index contributed by atoms with van der Waals surface area (Å²) >= 11 is 1.18. The highest BCUT2D eigenvalue weighted by Gasteiger charge is 2.43. The molecule has 3 aromatic rings. The van der Waals surface area contributed by atoms with Crippen molar-refractivity contribution in [2.24, 2.45) is 0 Å². The Balaban J connectivity index is 1.39. The van der Waals surface area contributed by atoms with Gasteiger partial charge in [-0.25, -0.2) is 18.2 Å². The number of carbonyl (C=O) groups is 2. The Kier molecular flexibility index (Phi) is 5.03. The minimum Gasteiger partial charge on any atom is -0.445 e. The van der Waals surface area contributed by atoms with Crippen molar-refractivity contribution in [1.29, 1.82) is 0 Å². The van der Waals surface area contributed by atoms with E-state index in [0.717, 1.165) is 18.4 Å². The quantitative estimate of drug-likeness (QED) is 0.586. The van der Waals surface area contributed by atoms with Crippen LogP contribution in [0.2, 0.25) is 0 Å². The Hall–Kier alpha value is -2.82. The van der Waals surface area contributed by atoms with Crippen molar-refractivity contribution in [3.63, 3.8) is 0 Å². The molecule has 2 aromatic carbocycles. The molecular weight excluding hydrogens is 450 g/mol. The maximum Gasteiger partial charge on any atom is 0.339 e. The fraction of sp³-hybridized carbons (Fsp3) is 0.318. The second-order valence-electron chi connectivity index (χ2n) is 8.17. The minimum absolute atomic E-state index is 0.221. The van der Waals surface area contributed by atoms with Crippen LogP contribution < -0.4 is 5.32 Å². The van der Waals surface area contributed by atoms with Gasteiger partial charge in [0.05, 0.1) is 20.7 Å². The number of hydrogen-bond donors (Lipinski definition) is 1. The first-order valence-electron chi connectivity index (χ1n) is 10.3. The van der Waals surface area contributed by atoms with Crippen LogP contribution in [-0.4, -0.2) is 48.3 Å². The normalized spacial score (nSPS) is 21.3. The summed E-state index contributed by atoms with van der Waals surface area (Å²) in [4.78, 5) is 30.0. The molecule has 1 saturated heterocycles. The van der Waals surface area contributed by atoms with Gasteiger partial charge in [-0.05, 0) is 49.6 Å². The molecule has 1 fully saturated rings. The number of ether oxygens (including phenoxy) is 1. The molecule has 2 aliphatic heterocycles. The summed E-state index contributed by atoms with van der Waals surface area (Å²) in [6.07, 6.45) is 1.99. The molecule has 8 nitrogen and oxygen atoms in total. The van der Waals surface area contributed by atoms with Gasteiger partial charge < -0.3 is 4.74 Å². The number of benzene rings is 2. The summed E-state index contributed by atoms with van der Waals surface area (Å²) in [5, 5.41) is 3.05. The Bertz CT molecular complexity index is 1340. The molecule has 1 atom stereocenters. The van der Waals surface area contributed by atoms with Gasteiger partial charge in [0.25, 0.3) is 5.91 Å². The van der Waals surface area contributed by atoms with E-state index in [4.69, 9.17) is 4.74 Å². The molecular formula is C22H21N3O5S2. The van der Waals surface area contributed by atoms with E-state index in [-0.39, 0.29) is 11.3 Å². The van der Waals surface area contributed by atoms with Gasteiger partial charge in [0.2, 0.25) is 10.0 Å². The zero-order chi connectivity index (χ0) is 22.5. The van der Waals surface area contributed by atoms with Gasteiger partial charge in [0.1, 0.15) is 0 Å². The van der Waals surface area contributed by atoms with Crippen molar-refractivity contribution in [3.05, 3.63) is 53.6 Å². The average molecular weight is 472 g/mol. The lowest BCUT2D eigenvalue weighted by molar-refractivity contribution is -0.134. The number of aromatic nitrogens is 1. The fourth-order valence-electron chi connectivity index (χ4n) is 4.09. The molecule has 0 radical (unpaired) electrons. The van der Waals surface area contributed by atoms with Crippen molar-refractivity contribution >= 4 is 48.6 Å². The van der Waals surface area contributed by atoms with Crippen LogP contribution in [0.3, 0.4) is 0 Å². The standard InChI is InChI=1S/C22H21N3O5S2/c1-22(13-14-6-2-3-7-16(14)19(26)30-22)20(27)24-21-23-17-9-8-15(12-18(17)31-21)32(28,29)25-10-4-5-11-25/h2-3,6-9,12H,4-5,10-11,13H2,1H3,(H,23,24,27). The Morgan fingerprint density at radius 3 is 2.72 bits per heavy atom. The number of cyclic esters (lactones) is 1. The highest BCUT2D eigenvalue weighted by molar-refractivity contribution is 7.89. The highest BCUT2D eigenvalue weighted by Crippen LogP contribution is 2.33. The summed E-state index contributed by atoms with van der Waals surface area (Å²) < 4.78 is 33.3. The molecule has 1 amide bonds. The molecule has 0 bridgehead atoms. The molecule has 0 saturated carbocycles. The van der Waals surface area contributed by atoms with Gasteiger partial charge in [-0.1, -0.05) is 29.5 Å². The van der Waals surface area contributed by atoms with E-state index in [9.17, 15) is 18.0 Å². The van der Waals surface area contributed by atoms with Crippen LogP contribution in [0.25, 0.3) is 10.2 Å². The Morgan fingerprint density at radius 1 is 1.19 bits per heavy atom. The number of fused-ring (bicyclic) bond motifs is 2. The highest BCUT2D eigenvalue weighted by atomic mass is 32.2. The lowest BCUT2D eigenvalue weighted by Gasteiger charge is -2.32. The number of anilines is 1. The number of hydrogen-bond acceptors (Lipinski definition) is 7. The molecule has 0 aliphatic carbocycles. The number of carbonyl (C=O) groups excluding carboxylic acids is 2. The zero-order valence-electron chi connectivity index (χ0n) is 17.3. The van der Waals surface area contributed by atoms with Gasteiger partial charge in [-0.2, -0.15) is 4.31 Å². The van der Waals surface area contributed by atoms with Gasteiger partial charge >= 0.3 is 5.97 Å². The summed E-state index contributed by atoms with van der Waals surface area (Å²) in [6.45, 7) is 2.64. The van der Waals surface area contributed by atoms with E-state index >= 15 is 0 Å². The van der Waals surface area contributed by atoms with Crippen molar-refractivity contribution < 1.29 is 22.7 Å². The smallest absolute Gasteiger partial charge is 0.339 e. The van der Waals surface area contributed by atoms with Crippen LogP contribution in [0.15, 0.2) is 47.4 Å². The monoisotopic (exact) mass is 471 g/mol. The minimum atomic E-state index is -3.54. The average Bonchev–Trinajstić information content (AvgIpc) is 3.43. The van der Waals surface area contributed by atoms with Crippen LogP contribution in [0.1, 0.15) is 35.7 Å². The maximum absolute atomic E-state index is 13.0. The van der Waals surface area contributed by atoms with Gasteiger partial charge in [-0.15, -0.1) is 0 Å². The second-order valence-corrected chi connectivity index (χ2v) is 11.1. The van der Waals surface area contributed by atoms with Crippen LogP contribution in [0.4, 0.5) is 5.13 Å². The van der Waals surface area contributed by atoms with Gasteiger partial charge in [-0.3, -0.25) is 10.1 Å². The molecule has 166 valence electrons. The second kappa shape index (κ2) is 7.65. The van der Waals surface area contributed by atoms with E-state index in [0.29, 0.717) is 34.0 Å². The Labute approximate surface area is 189 Å². The van der Waals surface area contributed by atoms with Crippen molar-refractivity contribution in [2.75, 3.05) is 18.4 Å². The lowest BCUT2D eigenvalue weighted by Crippen LogP contribution is -2.48. The number of esters is 1. The maximum atomic E-state index is 13.0. The van der Waals surface area contributed by atoms with Gasteiger partial charge in [0.15, 0.2) is 10.7 Å². The molecule has 5 rings (SSSR count). The molecule has 2 aliphatic rings. The van der Waals surface area contributed by atoms with Crippen LogP contribution in [0.5, 0.6) is 0 Å². The molecule has 32 heavy (non-hydrogen) atoms. The molecule has 1 unspecified atom stereocenters. The molecule has 0 spiro atoms. The topological polar surface area (TPSA) is 106 Å². The van der Waals surface area contributed by atoms with Gasteiger partial charge in [0, 0.05) is 19.5 Å². The third-order valence-corrected chi connectivity index (χ3v) is 8.67. The van der Waals surface area contributed by atoms with E-state index in [1.54, 1.807) is 43.3 Å². The molecule has 1 aromatic heterocycles. The third-order valence-electron chi connectivity index (χ3n) is 5.85. The van der Waals surface area contributed by atoms with E-state index in [2.05, 4.69) is 10.3 Å². The number of nitrogens with zero attached hydrogens (tertiary/aromatic N) is 2. The molecule has 1 N–H and O–H groups in total. The first-order chi connectivity index (χ1) is 15.3. The summed E-state index contributed by atoms with van der Waals surface area (Å²) in [5.74, 6) is -1.02. The number of amides is 1. The summed E-state index contributed by atoms with van der Waals surface area (Å²) in [5.41, 5.74) is 0.432. The van der Waals surface area contributed by atoms with Crippen LogP contribution in [0, 0.1) is 0 Å². The van der Waals surface area contributed by atoms with Crippen molar-refractivity contribution in [2.45, 2.75) is 36.7 Å². The van der Waals surface area contributed by atoms with E-state index in [1.165, 1.54) is 15.6 Å².